The summed E-state index contributed by atoms with van der Waals surface area (Å²) in [4.78, 5) is 25.4. The summed E-state index contributed by atoms with van der Waals surface area (Å²) < 4.78 is 0.902. The van der Waals surface area contributed by atoms with Gasteiger partial charge in [-0.15, -0.1) is 0 Å². The number of amides is 2. The molecule has 0 saturated carbocycles. The third kappa shape index (κ3) is 4.78. The van der Waals surface area contributed by atoms with E-state index >= 15 is 0 Å². The molecule has 3 rings (SSSR count). The van der Waals surface area contributed by atoms with Gasteiger partial charge in [-0.25, -0.2) is 0 Å². The summed E-state index contributed by atoms with van der Waals surface area (Å²) in [5.41, 5.74) is 4.76. The van der Waals surface area contributed by atoms with Gasteiger partial charge in [0.05, 0.1) is 16.8 Å². The Bertz CT molecular complexity index is 1010. The number of halogens is 1. The predicted octanol–water partition coefficient (Wildman–Crippen LogP) is 5.09. The molecule has 2 amide bonds. The molecule has 0 bridgehead atoms. The zero-order valence-electron chi connectivity index (χ0n) is 15.8. The van der Waals surface area contributed by atoms with Gasteiger partial charge in [0.1, 0.15) is 0 Å². The number of carbonyl (C=O) groups excluding carboxylic acids is 2. The zero-order chi connectivity index (χ0) is 20.1. The summed E-state index contributed by atoms with van der Waals surface area (Å²) in [6.45, 7) is 4.42. The predicted molar refractivity (Wildman–Crippen MR) is 121 cm³/mol. The molecule has 0 heterocycles. The SMILES string of the molecule is Cc1ccc(CNC(=O)c2ccccc2NC(=O)c2cccc(C)c2I)cc1. The van der Waals surface area contributed by atoms with Crippen molar-refractivity contribution in [1.29, 1.82) is 0 Å². The number of anilines is 1. The van der Waals surface area contributed by atoms with Crippen LogP contribution in [0.2, 0.25) is 0 Å². The van der Waals surface area contributed by atoms with Gasteiger partial charge in [0.2, 0.25) is 0 Å². The molecule has 0 aliphatic carbocycles. The first-order chi connectivity index (χ1) is 13.5. The van der Waals surface area contributed by atoms with E-state index in [4.69, 9.17) is 0 Å². The van der Waals surface area contributed by atoms with Crippen LogP contribution in [-0.2, 0) is 6.54 Å². The average Bonchev–Trinajstić information content (AvgIpc) is 2.69. The Balaban J connectivity index is 1.75. The van der Waals surface area contributed by atoms with Gasteiger partial charge in [0.15, 0.2) is 0 Å². The van der Waals surface area contributed by atoms with Crippen LogP contribution < -0.4 is 10.6 Å². The van der Waals surface area contributed by atoms with Gasteiger partial charge in [0.25, 0.3) is 11.8 Å². The number of aryl methyl sites for hydroxylation is 2. The van der Waals surface area contributed by atoms with E-state index in [1.165, 1.54) is 5.56 Å². The van der Waals surface area contributed by atoms with Crippen LogP contribution in [0.5, 0.6) is 0 Å². The van der Waals surface area contributed by atoms with Gasteiger partial charge in [0, 0.05) is 10.1 Å². The maximum atomic E-state index is 12.7. The van der Waals surface area contributed by atoms with Crippen molar-refractivity contribution in [2.24, 2.45) is 0 Å². The summed E-state index contributed by atoms with van der Waals surface area (Å²) in [5.74, 6) is -0.456. The molecule has 0 unspecified atom stereocenters. The smallest absolute Gasteiger partial charge is 0.256 e. The standard InChI is InChI=1S/C23H21IN2O2/c1-15-10-12-17(13-11-15)14-25-22(27)18-7-3-4-9-20(18)26-23(28)19-8-5-6-16(2)21(19)24/h3-13H,14H2,1-2H3,(H,25,27)(H,26,28). The summed E-state index contributed by atoms with van der Waals surface area (Å²) in [6, 6.07) is 20.6. The largest absolute Gasteiger partial charge is 0.348 e. The number of hydrogen-bond acceptors (Lipinski definition) is 2. The minimum atomic E-state index is -0.230. The monoisotopic (exact) mass is 484 g/mol. The third-order valence-electron chi connectivity index (χ3n) is 4.43. The van der Waals surface area contributed by atoms with Crippen molar-refractivity contribution < 1.29 is 9.59 Å². The molecule has 3 aromatic carbocycles. The molecule has 2 N–H and O–H groups in total. The molecule has 0 saturated heterocycles. The summed E-state index contributed by atoms with van der Waals surface area (Å²) in [6.07, 6.45) is 0. The number of nitrogens with one attached hydrogen (secondary N) is 2. The van der Waals surface area contributed by atoms with E-state index in [1.807, 2.05) is 50.2 Å². The molecule has 0 aliphatic rings. The van der Waals surface area contributed by atoms with Gasteiger partial charge >= 0.3 is 0 Å². The van der Waals surface area contributed by atoms with Crippen molar-refractivity contribution in [2.45, 2.75) is 20.4 Å². The molecular formula is C23H21IN2O2. The van der Waals surface area contributed by atoms with Crippen LogP contribution >= 0.6 is 22.6 Å². The number of hydrogen-bond donors (Lipinski definition) is 2. The lowest BCUT2D eigenvalue weighted by molar-refractivity contribution is 0.0952. The lowest BCUT2D eigenvalue weighted by Crippen LogP contribution is -2.25. The maximum absolute atomic E-state index is 12.7. The number of para-hydroxylation sites is 1. The molecular weight excluding hydrogens is 463 g/mol. The second-order valence-corrected chi connectivity index (χ2v) is 7.68. The van der Waals surface area contributed by atoms with Crippen LogP contribution in [0.15, 0.2) is 66.7 Å². The van der Waals surface area contributed by atoms with E-state index in [9.17, 15) is 9.59 Å². The normalized spacial score (nSPS) is 10.4. The minimum Gasteiger partial charge on any atom is -0.348 e. The van der Waals surface area contributed by atoms with E-state index in [0.29, 0.717) is 23.4 Å². The Hall–Kier alpha value is -2.67. The van der Waals surface area contributed by atoms with Gasteiger partial charge in [-0.1, -0.05) is 54.1 Å². The number of rotatable bonds is 5. The van der Waals surface area contributed by atoms with Crippen LogP contribution in [-0.4, -0.2) is 11.8 Å². The molecule has 3 aromatic rings. The lowest BCUT2D eigenvalue weighted by atomic mass is 10.1. The number of carbonyl (C=O) groups is 2. The Morgan fingerprint density at radius 2 is 1.50 bits per heavy atom. The van der Waals surface area contributed by atoms with E-state index in [2.05, 4.69) is 33.2 Å². The summed E-state index contributed by atoms with van der Waals surface area (Å²) in [5, 5.41) is 5.79. The fraction of sp³-hybridized carbons (Fsp3) is 0.130. The summed E-state index contributed by atoms with van der Waals surface area (Å²) >= 11 is 2.17. The molecule has 4 nitrogen and oxygen atoms in total. The average molecular weight is 484 g/mol. The quantitative estimate of drug-likeness (QED) is 0.496. The molecule has 0 radical (unpaired) electrons. The Labute approximate surface area is 178 Å². The van der Waals surface area contributed by atoms with Crippen LogP contribution in [0.1, 0.15) is 37.4 Å². The van der Waals surface area contributed by atoms with Crippen molar-refractivity contribution in [2.75, 3.05) is 5.32 Å². The van der Waals surface area contributed by atoms with Gasteiger partial charge in [-0.3, -0.25) is 9.59 Å². The van der Waals surface area contributed by atoms with Gasteiger partial charge < -0.3 is 10.6 Å². The van der Waals surface area contributed by atoms with Crippen LogP contribution in [0.4, 0.5) is 5.69 Å². The van der Waals surface area contributed by atoms with Crippen molar-refractivity contribution in [3.63, 3.8) is 0 Å². The molecule has 0 atom stereocenters. The van der Waals surface area contributed by atoms with E-state index in [1.54, 1.807) is 30.3 Å². The highest BCUT2D eigenvalue weighted by atomic mass is 127. The molecule has 5 heteroatoms. The van der Waals surface area contributed by atoms with E-state index < -0.39 is 0 Å². The molecule has 0 spiro atoms. The molecule has 28 heavy (non-hydrogen) atoms. The second kappa shape index (κ2) is 9.01. The van der Waals surface area contributed by atoms with E-state index in [-0.39, 0.29) is 11.8 Å². The Kier molecular flexibility index (Phi) is 6.46. The van der Waals surface area contributed by atoms with Crippen LogP contribution in [0, 0.1) is 17.4 Å². The lowest BCUT2D eigenvalue weighted by Gasteiger charge is -2.13. The fourth-order valence-electron chi connectivity index (χ4n) is 2.79. The highest BCUT2D eigenvalue weighted by molar-refractivity contribution is 14.1. The first-order valence-corrected chi connectivity index (χ1v) is 10.0. The number of benzene rings is 3. The summed E-state index contributed by atoms with van der Waals surface area (Å²) in [7, 11) is 0. The minimum absolute atomic E-state index is 0.226. The van der Waals surface area contributed by atoms with Gasteiger partial charge in [-0.05, 0) is 65.8 Å². The van der Waals surface area contributed by atoms with Crippen LogP contribution in [0.25, 0.3) is 0 Å². The first kappa shape index (κ1) is 20.1. The molecule has 142 valence electrons. The third-order valence-corrected chi connectivity index (χ3v) is 5.86. The highest BCUT2D eigenvalue weighted by Gasteiger charge is 2.16. The fourth-order valence-corrected chi connectivity index (χ4v) is 3.39. The molecule has 0 aromatic heterocycles. The van der Waals surface area contributed by atoms with Crippen molar-refractivity contribution in [1.82, 2.24) is 5.32 Å². The topological polar surface area (TPSA) is 58.2 Å². The molecule has 0 aliphatic heterocycles. The van der Waals surface area contributed by atoms with E-state index in [0.717, 1.165) is 14.7 Å². The zero-order valence-corrected chi connectivity index (χ0v) is 17.9. The Morgan fingerprint density at radius 3 is 2.25 bits per heavy atom. The van der Waals surface area contributed by atoms with Gasteiger partial charge in [-0.2, -0.15) is 0 Å². The maximum Gasteiger partial charge on any atom is 0.256 e. The van der Waals surface area contributed by atoms with Crippen molar-refractivity contribution in [3.8, 4) is 0 Å². The second-order valence-electron chi connectivity index (χ2n) is 6.60. The van der Waals surface area contributed by atoms with Crippen molar-refractivity contribution in [3.05, 3.63) is 98.1 Å². The van der Waals surface area contributed by atoms with Crippen LogP contribution in [0.3, 0.4) is 0 Å². The highest BCUT2D eigenvalue weighted by Crippen LogP contribution is 2.20. The first-order valence-electron chi connectivity index (χ1n) is 8.95. The van der Waals surface area contributed by atoms with Crippen molar-refractivity contribution >= 4 is 40.1 Å². The molecule has 0 fully saturated rings. The Morgan fingerprint density at radius 1 is 0.821 bits per heavy atom.